The van der Waals surface area contributed by atoms with Crippen molar-refractivity contribution in [3.63, 3.8) is 0 Å². The third-order valence-corrected chi connectivity index (χ3v) is 9.48. The first-order chi connectivity index (χ1) is 26.5. The average molecular weight is 679 g/mol. The van der Waals surface area contributed by atoms with Gasteiger partial charge in [0, 0.05) is 33.4 Å². The molecule has 0 heterocycles. The third kappa shape index (κ3) is 6.69. The zero-order valence-electron chi connectivity index (χ0n) is 29.3. The van der Waals surface area contributed by atoms with E-state index >= 15 is 0 Å². The van der Waals surface area contributed by atoms with Crippen molar-refractivity contribution < 1.29 is 0 Å². The van der Waals surface area contributed by atoms with Gasteiger partial charge >= 0.3 is 0 Å². The molecular formula is C54H30. The van der Waals surface area contributed by atoms with E-state index in [1.54, 1.807) is 0 Å². The standard InChI is InChI=1S/C54H30/c1-7-37-13-25-43(26-14-37)49(44-27-15-38(8-2)16-28-44)52-53(50(45-29-17-39(9-3)18-30-45)46-31-19-40(10-4)20-32-46)54(52)51(47-33-21-41(11-5)22-34-47)48-35-23-42(12-6)24-36-48/h1-6,13-36H. The van der Waals surface area contributed by atoms with Crippen molar-refractivity contribution in [2.45, 2.75) is 0 Å². The van der Waals surface area contributed by atoms with Crippen LogP contribution in [0.2, 0.25) is 0 Å². The summed E-state index contributed by atoms with van der Waals surface area (Å²) in [7, 11) is 0. The minimum atomic E-state index is 0.791. The summed E-state index contributed by atoms with van der Waals surface area (Å²) in [6.07, 6.45) is 34.9. The van der Waals surface area contributed by atoms with Gasteiger partial charge in [0.05, 0.1) is 0 Å². The van der Waals surface area contributed by atoms with E-state index in [1.165, 1.54) is 0 Å². The van der Waals surface area contributed by atoms with E-state index in [1.807, 2.05) is 72.8 Å². The quantitative estimate of drug-likeness (QED) is 0.154. The highest BCUT2D eigenvalue weighted by atomic mass is 14.4. The molecule has 1 saturated carbocycles. The van der Waals surface area contributed by atoms with Crippen molar-refractivity contribution in [2.75, 3.05) is 0 Å². The molecule has 1 aliphatic rings. The molecule has 0 atom stereocenters. The normalized spacial score (nSPS) is 11.1. The van der Waals surface area contributed by atoms with Crippen LogP contribution in [0.4, 0.5) is 0 Å². The van der Waals surface area contributed by atoms with E-state index in [4.69, 9.17) is 38.5 Å². The van der Waals surface area contributed by atoms with Crippen LogP contribution in [0.25, 0.3) is 16.7 Å². The van der Waals surface area contributed by atoms with Gasteiger partial charge in [-0.2, -0.15) is 0 Å². The molecule has 0 heteroatoms. The lowest BCUT2D eigenvalue weighted by atomic mass is 9.92. The van der Waals surface area contributed by atoms with Crippen LogP contribution < -0.4 is 0 Å². The predicted molar refractivity (Wildman–Crippen MR) is 224 cm³/mol. The highest BCUT2D eigenvalue weighted by Crippen LogP contribution is 2.59. The summed E-state index contributed by atoms with van der Waals surface area (Å²) in [6.45, 7) is 0. The molecule has 0 amide bonds. The maximum Gasteiger partial charge on any atom is 0.0243 e. The molecular weight excluding hydrogens is 649 g/mol. The smallest absolute Gasteiger partial charge is 0.0243 e. The fourth-order valence-corrected chi connectivity index (χ4v) is 6.70. The van der Waals surface area contributed by atoms with Gasteiger partial charge in [0.15, 0.2) is 0 Å². The summed E-state index contributed by atoms with van der Waals surface area (Å²) < 4.78 is 0. The first-order valence-corrected chi connectivity index (χ1v) is 17.2. The van der Waals surface area contributed by atoms with Crippen LogP contribution in [-0.2, 0) is 0 Å². The largest absolute Gasteiger partial charge is 0.115 e. The summed E-state index contributed by atoms with van der Waals surface area (Å²) in [5.74, 6) is 16.5. The molecule has 6 aromatic rings. The van der Waals surface area contributed by atoms with Crippen LogP contribution in [0.1, 0.15) is 66.8 Å². The Kier molecular flexibility index (Phi) is 9.56. The van der Waals surface area contributed by atoms with E-state index in [2.05, 4.69) is 108 Å². The van der Waals surface area contributed by atoms with Crippen LogP contribution in [-0.4, -0.2) is 0 Å². The molecule has 0 N–H and O–H groups in total. The molecule has 246 valence electrons. The van der Waals surface area contributed by atoms with Crippen molar-refractivity contribution in [1.29, 1.82) is 0 Å². The fourth-order valence-electron chi connectivity index (χ4n) is 6.70. The van der Waals surface area contributed by atoms with Gasteiger partial charge in [0.2, 0.25) is 0 Å². The van der Waals surface area contributed by atoms with Crippen LogP contribution in [0.5, 0.6) is 0 Å². The van der Waals surface area contributed by atoms with E-state index in [9.17, 15) is 0 Å². The number of hydrogen-bond acceptors (Lipinski definition) is 0. The zero-order chi connectivity index (χ0) is 37.6. The minimum absolute atomic E-state index is 0.791. The number of benzene rings is 6. The van der Waals surface area contributed by atoms with Gasteiger partial charge in [-0.25, -0.2) is 0 Å². The Labute approximate surface area is 318 Å². The fraction of sp³-hybridized carbons (Fsp3) is 0. The number of rotatable bonds is 6. The summed E-state index contributed by atoms with van der Waals surface area (Å²) >= 11 is 0. The summed E-state index contributed by atoms with van der Waals surface area (Å²) in [6, 6.07) is 48.5. The molecule has 0 aliphatic heterocycles. The number of terminal acetylenes is 6. The van der Waals surface area contributed by atoms with Crippen LogP contribution in [0, 0.1) is 74.1 Å². The molecule has 6 aromatic carbocycles. The Bertz CT molecular complexity index is 2260. The van der Waals surface area contributed by atoms with Crippen molar-refractivity contribution in [3.8, 4) is 74.1 Å². The molecule has 0 radical (unpaired) electrons. The molecule has 1 aliphatic carbocycles. The molecule has 1 fully saturated rings. The Balaban J connectivity index is 1.69. The van der Waals surface area contributed by atoms with E-state index < -0.39 is 0 Å². The maximum absolute atomic E-state index is 5.81. The van der Waals surface area contributed by atoms with Crippen molar-refractivity contribution in [3.05, 3.63) is 229 Å². The average Bonchev–Trinajstić information content (AvgIpc) is 3.94. The molecule has 0 saturated heterocycles. The summed E-state index contributed by atoms with van der Waals surface area (Å²) in [5.41, 5.74) is 17.1. The minimum Gasteiger partial charge on any atom is -0.115 e. The highest BCUT2D eigenvalue weighted by Gasteiger charge is 2.41. The molecule has 7 rings (SSSR count). The second-order valence-electron chi connectivity index (χ2n) is 12.6. The van der Waals surface area contributed by atoms with Crippen LogP contribution in [0.3, 0.4) is 0 Å². The zero-order valence-corrected chi connectivity index (χ0v) is 29.3. The molecule has 0 nitrogen and oxygen atoms in total. The summed E-state index contributed by atoms with van der Waals surface area (Å²) in [4.78, 5) is 0. The van der Waals surface area contributed by atoms with Crippen molar-refractivity contribution in [2.24, 2.45) is 0 Å². The Hall–Kier alpha value is -8.10. The Morgan fingerprint density at radius 2 is 0.352 bits per heavy atom. The maximum atomic E-state index is 5.81. The van der Waals surface area contributed by atoms with Gasteiger partial charge in [-0.05, 0) is 140 Å². The van der Waals surface area contributed by atoms with Gasteiger partial charge in [0.25, 0.3) is 0 Å². The van der Waals surface area contributed by atoms with E-state index in [0.717, 1.165) is 100 Å². The lowest BCUT2D eigenvalue weighted by Crippen LogP contribution is -1.91. The van der Waals surface area contributed by atoms with Gasteiger partial charge in [-0.15, -0.1) is 38.5 Å². The highest BCUT2D eigenvalue weighted by molar-refractivity contribution is 6.13. The second-order valence-corrected chi connectivity index (χ2v) is 12.6. The number of allylic oxidation sites excluding steroid dienone is 3. The topological polar surface area (TPSA) is 0 Å². The second kappa shape index (κ2) is 15.0. The van der Waals surface area contributed by atoms with Gasteiger partial charge in [0.1, 0.15) is 0 Å². The first-order valence-electron chi connectivity index (χ1n) is 17.2. The van der Waals surface area contributed by atoms with Crippen LogP contribution in [0.15, 0.2) is 162 Å². The van der Waals surface area contributed by atoms with E-state index in [-0.39, 0.29) is 0 Å². The molecule has 0 bridgehead atoms. The third-order valence-electron chi connectivity index (χ3n) is 9.48. The molecule has 0 aromatic heterocycles. The van der Waals surface area contributed by atoms with Gasteiger partial charge in [-0.1, -0.05) is 108 Å². The Morgan fingerprint density at radius 3 is 0.463 bits per heavy atom. The molecule has 0 unspecified atom stereocenters. The SMILES string of the molecule is C#Cc1ccc(C(=C2C(=C(c3ccc(C#C)cc3)c3ccc(C#C)cc3)C2=C(c2ccc(C#C)cc2)c2ccc(C#C)cc2)c2ccc(C#C)cc2)cc1. The van der Waals surface area contributed by atoms with Crippen molar-refractivity contribution in [1.82, 2.24) is 0 Å². The number of hydrogen-bond donors (Lipinski definition) is 0. The molecule has 0 spiro atoms. The van der Waals surface area contributed by atoms with Crippen LogP contribution >= 0.6 is 0 Å². The first kappa shape index (κ1) is 34.4. The van der Waals surface area contributed by atoms with Gasteiger partial charge in [-0.3, -0.25) is 0 Å². The molecule has 54 heavy (non-hydrogen) atoms. The Morgan fingerprint density at radius 1 is 0.222 bits per heavy atom. The van der Waals surface area contributed by atoms with Crippen molar-refractivity contribution >= 4 is 16.7 Å². The predicted octanol–water partition coefficient (Wildman–Crippen LogP) is 10.4. The monoisotopic (exact) mass is 678 g/mol. The lowest BCUT2D eigenvalue weighted by molar-refractivity contribution is 1.51. The van der Waals surface area contributed by atoms with Gasteiger partial charge < -0.3 is 0 Å². The van der Waals surface area contributed by atoms with E-state index in [0.29, 0.717) is 0 Å². The summed E-state index contributed by atoms with van der Waals surface area (Å²) in [5, 5.41) is 0. The lowest BCUT2D eigenvalue weighted by Gasteiger charge is -2.11.